The molecule has 3 aromatic rings. The predicted octanol–water partition coefficient (Wildman–Crippen LogP) is -1.25. The molecule has 4 rings (SSSR count). The molecule has 0 atom stereocenters. The van der Waals surface area contributed by atoms with E-state index in [2.05, 4.69) is 4.72 Å². The molecule has 0 heterocycles. The van der Waals surface area contributed by atoms with Crippen molar-refractivity contribution in [1.29, 1.82) is 0 Å². The van der Waals surface area contributed by atoms with E-state index in [0.29, 0.717) is 6.07 Å². The van der Waals surface area contributed by atoms with Gasteiger partial charge in [-0.15, -0.1) is 0 Å². The van der Waals surface area contributed by atoms with Crippen molar-refractivity contribution in [2.24, 2.45) is 0 Å². The molecule has 158 valence electrons. The van der Waals surface area contributed by atoms with Crippen molar-refractivity contribution in [2.45, 2.75) is 9.79 Å². The summed E-state index contributed by atoms with van der Waals surface area (Å²) in [4.78, 5) is 24.3. The molecule has 0 aliphatic heterocycles. The third kappa shape index (κ3) is 4.20. The Labute approximate surface area is 226 Å². The van der Waals surface area contributed by atoms with Crippen molar-refractivity contribution in [2.75, 3.05) is 10.5 Å². The van der Waals surface area contributed by atoms with Crippen molar-refractivity contribution in [3.8, 4) is 0 Å². The summed E-state index contributed by atoms with van der Waals surface area (Å²) < 4.78 is 63.7. The van der Waals surface area contributed by atoms with Gasteiger partial charge in [-0.1, -0.05) is 42.5 Å². The Kier molecular flexibility index (Phi) is 6.80. The average molecular weight is 497 g/mol. The SMILES string of the molecule is Nc1c(S(=O)(=O)[O-])cc(S(=O)(=O)Nc2ccccc2)c2c1C(=O)c1ccccc1C2=O.[K+]. The van der Waals surface area contributed by atoms with E-state index in [4.69, 9.17) is 5.73 Å². The summed E-state index contributed by atoms with van der Waals surface area (Å²) in [6.45, 7) is 0. The Morgan fingerprint density at radius 3 is 1.78 bits per heavy atom. The second kappa shape index (κ2) is 8.80. The number of anilines is 2. The minimum atomic E-state index is -5.27. The Bertz CT molecular complexity index is 1490. The minimum absolute atomic E-state index is 0. The van der Waals surface area contributed by atoms with Crippen molar-refractivity contribution in [1.82, 2.24) is 0 Å². The zero-order chi connectivity index (χ0) is 22.6. The molecule has 3 aromatic carbocycles. The van der Waals surface area contributed by atoms with E-state index < -0.39 is 58.3 Å². The summed E-state index contributed by atoms with van der Waals surface area (Å²) in [6.07, 6.45) is 0. The maximum Gasteiger partial charge on any atom is 1.00 e. The number of rotatable bonds is 4. The summed E-state index contributed by atoms with van der Waals surface area (Å²) in [5, 5.41) is 0. The first-order valence-electron chi connectivity index (χ1n) is 8.71. The standard InChI is InChI=1S/C20H14N2O7S2.K/c21-18-15(31(27,28)29)10-14(30(25,26)22-11-6-2-1-3-7-11)16-17(18)20(24)13-9-5-4-8-12(13)19(16)23;/h1-10,22H,21H2,(H,27,28,29);/q;+1/p-1. The molecule has 0 saturated heterocycles. The van der Waals surface area contributed by atoms with Crippen LogP contribution < -0.4 is 61.8 Å². The quantitative estimate of drug-likeness (QED) is 0.201. The smallest absolute Gasteiger partial charge is 0.744 e. The van der Waals surface area contributed by atoms with Crippen LogP contribution in [0.2, 0.25) is 0 Å². The van der Waals surface area contributed by atoms with Crippen molar-refractivity contribution in [3.05, 3.63) is 82.9 Å². The second-order valence-electron chi connectivity index (χ2n) is 6.67. The monoisotopic (exact) mass is 496 g/mol. The van der Waals surface area contributed by atoms with Crippen LogP contribution in [0.5, 0.6) is 0 Å². The number of carbonyl (C=O) groups excluding carboxylic acids is 2. The molecule has 0 bridgehead atoms. The number of fused-ring (bicyclic) bond motifs is 2. The molecule has 1 aliphatic carbocycles. The fourth-order valence-electron chi connectivity index (χ4n) is 3.39. The van der Waals surface area contributed by atoms with Gasteiger partial charge in [0.2, 0.25) is 0 Å². The fourth-order valence-corrected chi connectivity index (χ4v) is 5.40. The molecule has 0 aromatic heterocycles. The molecule has 0 unspecified atom stereocenters. The van der Waals surface area contributed by atoms with Crippen LogP contribution in [0, 0.1) is 0 Å². The number of benzene rings is 3. The number of ketones is 2. The van der Waals surface area contributed by atoms with E-state index in [9.17, 15) is 31.0 Å². The molecule has 0 fully saturated rings. The maximum atomic E-state index is 13.2. The molecule has 3 N–H and O–H groups in total. The van der Waals surface area contributed by atoms with Gasteiger partial charge in [0.1, 0.15) is 15.0 Å². The summed E-state index contributed by atoms with van der Waals surface area (Å²) in [6, 6.07) is 13.7. The molecular formula is C20H13KN2O7S2. The van der Waals surface area contributed by atoms with Gasteiger partial charge in [0.25, 0.3) is 10.0 Å². The number of nitrogens with one attached hydrogen (secondary N) is 1. The Hall–Kier alpha value is -1.90. The summed E-state index contributed by atoms with van der Waals surface area (Å²) >= 11 is 0. The zero-order valence-electron chi connectivity index (χ0n) is 16.5. The normalized spacial score (nSPS) is 13.0. The van der Waals surface area contributed by atoms with E-state index in [-0.39, 0.29) is 68.2 Å². The van der Waals surface area contributed by atoms with Gasteiger partial charge in [-0.2, -0.15) is 0 Å². The van der Waals surface area contributed by atoms with Gasteiger partial charge in [0.05, 0.1) is 21.7 Å². The van der Waals surface area contributed by atoms with Crippen molar-refractivity contribution >= 4 is 43.1 Å². The van der Waals surface area contributed by atoms with Gasteiger partial charge in [-0.25, -0.2) is 16.8 Å². The van der Waals surface area contributed by atoms with Crippen LogP contribution >= 0.6 is 0 Å². The van der Waals surface area contributed by atoms with Crippen LogP contribution in [-0.2, 0) is 20.1 Å². The maximum absolute atomic E-state index is 13.2. The summed E-state index contributed by atoms with van der Waals surface area (Å²) in [5.41, 5.74) is 3.79. The van der Waals surface area contributed by atoms with Gasteiger partial charge in [0.15, 0.2) is 11.6 Å². The average Bonchev–Trinajstić information content (AvgIpc) is 2.71. The fraction of sp³-hybridized carbons (Fsp3) is 0. The summed E-state index contributed by atoms with van der Waals surface area (Å²) in [7, 11) is -9.87. The molecule has 0 spiro atoms. The largest absolute Gasteiger partial charge is 1.00 e. The van der Waals surface area contributed by atoms with E-state index in [0.717, 1.165) is 0 Å². The van der Waals surface area contributed by atoms with Gasteiger partial charge >= 0.3 is 51.4 Å². The molecule has 1 aliphatic rings. The van der Waals surface area contributed by atoms with Crippen LogP contribution in [-0.4, -0.2) is 33.0 Å². The van der Waals surface area contributed by atoms with Crippen LogP contribution in [0.4, 0.5) is 11.4 Å². The number of hydrogen-bond donors (Lipinski definition) is 2. The second-order valence-corrected chi connectivity index (χ2v) is 9.66. The minimum Gasteiger partial charge on any atom is -0.744 e. The molecule has 9 nitrogen and oxygen atoms in total. The Balaban J connectivity index is 0.00000289. The first kappa shape index (κ1) is 24.7. The number of sulfonamides is 1. The molecule has 32 heavy (non-hydrogen) atoms. The van der Waals surface area contributed by atoms with Crippen molar-refractivity contribution < 1.29 is 82.4 Å². The molecular weight excluding hydrogens is 483 g/mol. The number of nitrogens with two attached hydrogens (primary N) is 1. The number of hydrogen-bond acceptors (Lipinski definition) is 8. The van der Waals surface area contributed by atoms with Crippen LogP contribution in [0.1, 0.15) is 31.8 Å². The summed E-state index contributed by atoms with van der Waals surface area (Å²) in [5.74, 6) is -1.69. The number of carbonyl (C=O) groups is 2. The topological polar surface area (TPSA) is 164 Å². The number of para-hydroxylation sites is 1. The molecule has 12 heteroatoms. The Morgan fingerprint density at radius 1 is 0.750 bits per heavy atom. The van der Waals surface area contributed by atoms with E-state index in [1.807, 2.05) is 0 Å². The third-order valence-electron chi connectivity index (χ3n) is 4.75. The van der Waals surface area contributed by atoms with Gasteiger partial charge in [0, 0.05) is 16.8 Å². The predicted molar refractivity (Wildman–Crippen MR) is 109 cm³/mol. The van der Waals surface area contributed by atoms with Crippen LogP contribution in [0.3, 0.4) is 0 Å². The number of nitrogen functional groups attached to an aromatic ring is 1. The van der Waals surface area contributed by atoms with E-state index in [1.165, 1.54) is 36.4 Å². The first-order valence-corrected chi connectivity index (χ1v) is 11.6. The van der Waals surface area contributed by atoms with Gasteiger partial charge < -0.3 is 10.3 Å². The van der Waals surface area contributed by atoms with Crippen LogP contribution in [0.25, 0.3) is 0 Å². The van der Waals surface area contributed by atoms with Crippen molar-refractivity contribution in [3.63, 3.8) is 0 Å². The molecule has 0 amide bonds. The Morgan fingerprint density at radius 2 is 1.25 bits per heavy atom. The van der Waals surface area contributed by atoms with Gasteiger partial charge in [-0.3, -0.25) is 14.3 Å². The third-order valence-corrected chi connectivity index (χ3v) is 7.03. The molecule has 0 saturated carbocycles. The zero-order valence-corrected chi connectivity index (χ0v) is 21.3. The molecule has 0 radical (unpaired) electrons. The van der Waals surface area contributed by atoms with Gasteiger partial charge in [-0.05, 0) is 18.2 Å². The van der Waals surface area contributed by atoms with E-state index >= 15 is 0 Å². The first-order chi connectivity index (χ1) is 14.5. The van der Waals surface area contributed by atoms with E-state index in [1.54, 1.807) is 18.2 Å². The van der Waals surface area contributed by atoms with Crippen LogP contribution in [0.15, 0.2) is 70.5 Å².